The molecule has 0 fully saturated rings. The van der Waals surface area contributed by atoms with Crippen molar-refractivity contribution in [1.29, 1.82) is 0 Å². The van der Waals surface area contributed by atoms with Crippen LogP contribution in [0.1, 0.15) is 52.9 Å². The normalized spacial score (nSPS) is 13.1. The van der Waals surface area contributed by atoms with Gasteiger partial charge < -0.3 is 4.90 Å². The van der Waals surface area contributed by atoms with Crippen molar-refractivity contribution in [2.24, 2.45) is 5.41 Å². The number of fused-ring (bicyclic) bond motifs is 1. The molecule has 0 spiro atoms. The molecule has 1 aromatic heterocycles. The average molecular weight is 364 g/mol. The van der Waals surface area contributed by atoms with Crippen molar-refractivity contribution in [2.75, 3.05) is 7.05 Å². The van der Waals surface area contributed by atoms with E-state index in [1.165, 1.54) is 0 Å². The minimum Gasteiger partial charge on any atom is -0.336 e. The number of hydrogen-bond donors (Lipinski definition) is 0. The highest BCUT2D eigenvalue weighted by atomic mass is 35.5. The molecule has 0 saturated carbocycles. The summed E-state index contributed by atoms with van der Waals surface area (Å²) in [7, 11) is 1.76. The van der Waals surface area contributed by atoms with Gasteiger partial charge in [0.2, 0.25) is 5.91 Å². The smallest absolute Gasteiger partial charge is 0.261 e. The summed E-state index contributed by atoms with van der Waals surface area (Å²) < 4.78 is 1.63. The van der Waals surface area contributed by atoms with Gasteiger partial charge >= 0.3 is 0 Å². The Hall–Kier alpha value is -1.88. The highest BCUT2D eigenvalue weighted by molar-refractivity contribution is 6.31. The van der Waals surface area contributed by atoms with Crippen molar-refractivity contribution in [1.82, 2.24) is 14.5 Å². The minimum absolute atomic E-state index is 0.0306. The van der Waals surface area contributed by atoms with Crippen molar-refractivity contribution < 1.29 is 4.79 Å². The summed E-state index contributed by atoms with van der Waals surface area (Å²) in [6.45, 7) is 10.4. The van der Waals surface area contributed by atoms with Gasteiger partial charge in [0.1, 0.15) is 5.82 Å². The molecule has 1 unspecified atom stereocenters. The third-order valence-electron chi connectivity index (χ3n) is 4.29. The summed E-state index contributed by atoms with van der Waals surface area (Å²) in [5, 5.41) is 1.07. The van der Waals surface area contributed by atoms with Crippen LogP contribution in [0.3, 0.4) is 0 Å². The van der Waals surface area contributed by atoms with Crippen LogP contribution in [-0.2, 0) is 11.3 Å². The van der Waals surface area contributed by atoms with E-state index >= 15 is 0 Å². The number of rotatable bonds is 4. The first kappa shape index (κ1) is 19.4. The number of carbonyl (C=O) groups excluding carboxylic acids is 1. The van der Waals surface area contributed by atoms with Gasteiger partial charge in [-0.3, -0.25) is 14.2 Å². The molecule has 0 aliphatic rings. The molecule has 0 aliphatic carbocycles. The van der Waals surface area contributed by atoms with Crippen LogP contribution in [0, 0.1) is 5.41 Å². The second-order valence-corrected chi connectivity index (χ2v) is 8.04. The zero-order chi connectivity index (χ0) is 18.9. The van der Waals surface area contributed by atoms with E-state index in [1.807, 2.05) is 34.6 Å². The lowest BCUT2D eigenvalue weighted by molar-refractivity contribution is -0.133. The zero-order valence-corrected chi connectivity index (χ0v) is 16.5. The number of nitrogens with zero attached hydrogens (tertiary/aromatic N) is 3. The number of amides is 1. The Morgan fingerprint density at radius 3 is 2.56 bits per heavy atom. The lowest BCUT2D eigenvalue weighted by atomic mass is 9.91. The molecule has 0 saturated heterocycles. The first-order chi connectivity index (χ1) is 11.5. The number of aromatic nitrogens is 2. The standard InChI is InChI=1S/C19H26ClN3O2/c1-7-23-17(12(2)22(6)16(24)11-19(3,4)5)21-15-10-13(20)8-9-14(15)18(23)25/h8-10,12H,7,11H2,1-6H3. The zero-order valence-electron chi connectivity index (χ0n) is 15.8. The minimum atomic E-state index is -0.314. The molecule has 0 radical (unpaired) electrons. The van der Waals surface area contributed by atoms with E-state index in [9.17, 15) is 9.59 Å². The fourth-order valence-electron chi connectivity index (χ4n) is 2.80. The maximum atomic E-state index is 12.8. The van der Waals surface area contributed by atoms with E-state index in [-0.39, 0.29) is 22.9 Å². The predicted molar refractivity (Wildman–Crippen MR) is 102 cm³/mol. The molecule has 0 aliphatic heterocycles. The summed E-state index contributed by atoms with van der Waals surface area (Å²) in [5.41, 5.74) is 0.350. The Kier molecular flexibility index (Phi) is 5.57. The average Bonchev–Trinajstić information content (AvgIpc) is 2.51. The molecule has 5 nitrogen and oxygen atoms in total. The molecule has 136 valence electrons. The van der Waals surface area contributed by atoms with E-state index in [4.69, 9.17) is 11.6 Å². The van der Waals surface area contributed by atoms with Crippen molar-refractivity contribution in [2.45, 2.75) is 53.6 Å². The molecule has 25 heavy (non-hydrogen) atoms. The van der Waals surface area contributed by atoms with Gasteiger partial charge in [-0.05, 0) is 37.5 Å². The third kappa shape index (κ3) is 4.21. The fourth-order valence-corrected chi connectivity index (χ4v) is 2.97. The molecule has 2 aromatic rings. The summed E-state index contributed by atoms with van der Waals surface area (Å²) in [6.07, 6.45) is 0.434. The number of hydrogen-bond acceptors (Lipinski definition) is 3. The molecule has 2 rings (SSSR count). The Labute approximate surface area is 153 Å². The van der Waals surface area contributed by atoms with E-state index in [0.29, 0.717) is 34.7 Å². The Bertz CT molecular complexity index is 852. The number of halogens is 1. The molecular formula is C19H26ClN3O2. The monoisotopic (exact) mass is 363 g/mol. The third-order valence-corrected chi connectivity index (χ3v) is 4.53. The van der Waals surface area contributed by atoms with Gasteiger partial charge in [-0.25, -0.2) is 4.98 Å². The van der Waals surface area contributed by atoms with Gasteiger partial charge in [0.05, 0.1) is 16.9 Å². The maximum absolute atomic E-state index is 12.8. The summed E-state index contributed by atoms with van der Waals surface area (Å²) in [4.78, 5) is 31.7. The first-order valence-electron chi connectivity index (χ1n) is 8.51. The summed E-state index contributed by atoms with van der Waals surface area (Å²) in [5.74, 6) is 0.607. The van der Waals surface area contributed by atoms with Crippen LogP contribution >= 0.6 is 11.6 Å². The number of carbonyl (C=O) groups is 1. The first-order valence-corrected chi connectivity index (χ1v) is 8.88. The van der Waals surface area contributed by atoms with Gasteiger partial charge in [0, 0.05) is 25.0 Å². The second-order valence-electron chi connectivity index (χ2n) is 7.60. The van der Waals surface area contributed by atoms with Gasteiger partial charge in [0.15, 0.2) is 0 Å². The van der Waals surface area contributed by atoms with Crippen LogP contribution in [0.2, 0.25) is 5.02 Å². The van der Waals surface area contributed by atoms with Crippen molar-refractivity contribution >= 4 is 28.4 Å². The van der Waals surface area contributed by atoms with Gasteiger partial charge in [-0.1, -0.05) is 32.4 Å². The van der Waals surface area contributed by atoms with Crippen molar-refractivity contribution in [3.05, 3.63) is 39.4 Å². The van der Waals surface area contributed by atoms with Gasteiger partial charge in [-0.2, -0.15) is 0 Å². The van der Waals surface area contributed by atoms with Crippen LogP contribution < -0.4 is 5.56 Å². The Morgan fingerprint density at radius 2 is 2.00 bits per heavy atom. The molecular weight excluding hydrogens is 338 g/mol. The second kappa shape index (κ2) is 7.16. The highest BCUT2D eigenvalue weighted by Crippen LogP contribution is 2.25. The molecule has 1 aromatic carbocycles. The van der Waals surface area contributed by atoms with Gasteiger partial charge in [0.25, 0.3) is 5.56 Å². The Balaban J connectivity index is 2.51. The van der Waals surface area contributed by atoms with Crippen molar-refractivity contribution in [3.63, 3.8) is 0 Å². The molecule has 1 heterocycles. The molecule has 0 N–H and O–H groups in total. The molecule has 0 bridgehead atoms. The Morgan fingerprint density at radius 1 is 1.36 bits per heavy atom. The van der Waals surface area contributed by atoms with E-state index in [0.717, 1.165) is 0 Å². The SMILES string of the molecule is CCn1c(C(C)N(C)C(=O)CC(C)(C)C)nc2cc(Cl)ccc2c1=O. The van der Waals surface area contributed by atoms with Crippen LogP contribution in [0.15, 0.2) is 23.0 Å². The summed E-state index contributed by atoms with van der Waals surface area (Å²) in [6, 6.07) is 4.76. The molecule has 1 amide bonds. The predicted octanol–water partition coefficient (Wildman–Crippen LogP) is 4.03. The topological polar surface area (TPSA) is 55.2 Å². The van der Waals surface area contributed by atoms with Gasteiger partial charge in [-0.15, -0.1) is 0 Å². The number of benzene rings is 1. The van der Waals surface area contributed by atoms with Crippen molar-refractivity contribution in [3.8, 4) is 0 Å². The lowest BCUT2D eigenvalue weighted by Gasteiger charge is -2.29. The highest BCUT2D eigenvalue weighted by Gasteiger charge is 2.26. The van der Waals surface area contributed by atoms with Crippen LogP contribution in [0.25, 0.3) is 10.9 Å². The maximum Gasteiger partial charge on any atom is 0.261 e. The van der Waals surface area contributed by atoms with E-state index < -0.39 is 0 Å². The molecule has 1 atom stereocenters. The van der Waals surface area contributed by atoms with E-state index in [2.05, 4.69) is 4.98 Å². The quantitative estimate of drug-likeness (QED) is 0.824. The van der Waals surface area contributed by atoms with Crippen LogP contribution in [-0.4, -0.2) is 27.4 Å². The molecule has 6 heteroatoms. The lowest BCUT2D eigenvalue weighted by Crippen LogP contribution is -2.36. The van der Waals surface area contributed by atoms with E-state index in [1.54, 1.807) is 34.7 Å². The fraction of sp³-hybridized carbons (Fsp3) is 0.526. The summed E-state index contributed by atoms with van der Waals surface area (Å²) >= 11 is 6.05. The van der Waals surface area contributed by atoms with Crippen LogP contribution in [0.5, 0.6) is 0 Å². The van der Waals surface area contributed by atoms with Crippen LogP contribution in [0.4, 0.5) is 0 Å². The largest absolute Gasteiger partial charge is 0.336 e.